The molecule has 0 aliphatic carbocycles. The normalized spacial score (nSPS) is 9.19. The van der Waals surface area contributed by atoms with Gasteiger partial charge in [-0.25, -0.2) is 14.0 Å². The van der Waals surface area contributed by atoms with Gasteiger partial charge in [-0.3, -0.25) is 0 Å². The monoisotopic (exact) mass is 288 g/mol. The van der Waals surface area contributed by atoms with Gasteiger partial charge in [-0.1, -0.05) is 24.8 Å². The van der Waals surface area contributed by atoms with Crippen molar-refractivity contribution in [1.29, 1.82) is 0 Å². The summed E-state index contributed by atoms with van der Waals surface area (Å²) in [5.74, 6) is -2.37. The van der Waals surface area contributed by atoms with E-state index in [2.05, 4.69) is 6.58 Å². The van der Waals surface area contributed by atoms with Crippen LogP contribution in [-0.4, -0.2) is 22.2 Å². The van der Waals surface area contributed by atoms with Gasteiger partial charge in [0, 0.05) is 0 Å². The van der Waals surface area contributed by atoms with Crippen molar-refractivity contribution in [2.24, 2.45) is 0 Å². The van der Waals surface area contributed by atoms with E-state index in [1.54, 1.807) is 30.3 Å². The second-order valence-electron chi connectivity index (χ2n) is 3.94. The molecule has 0 saturated carbocycles. The molecule has 0 aliphatic rings. The highest BCUT2D eigenvalue weighted by molar-refractivity contribution is 5.88. The van der Waals surface area contributed by atoms with Gasteiger partial charge in [-0.05, 0) is 42.0 Å². The van der Waals surface area contributed by atoms with Crippen LogP contribution in [0.2, 0.25) is 0 Å². The Hall–Kier alpha value is -2.95. The van der Waals surface area contributed by atoms with Gasteiger partial charge in [0.25, 0.3) is 0 Å². The third-order valence-corrected chi connectivity index (χ3v) is 2.48. The Labute approximate surface area is 120 Å². The highest BCUT2D eigenvalue weighted by atomic mass is 19.1. The molecule has 0 aliphatic heterocycles. The maximum absolute atomic E-state index is 12.2. The Kier molecular flexibility index (Phi) is 5.82. The van der Waals surface area contributed by atoms with Gasteiger partial charge < -0.3 is 10.2 Å². The van der Waals surface area contributed by atoms with Crippen molar-refractivity contribution in [3.8, 4) is 0 Å². The van der Waals surface area contributed by atoms with E-state index >= 15 is 0 Å². The molecular weight excluding hydrogens is 275 g/mol. The number of carboxylic acid groups (broad SMARTS) is 2. The lowest BCUT2D eigenvalue weighted by molar-refractivity contribution is 0.0686. The molecule has 2 rings (SSSR count). The molecule has 0 aromatic heterocycles. The van der Waals surface area contributed by atoms with Crippen LogP contribution in [0.25, 0.3) is 6.08 Å². The third kappa shape index (κ3) is 5.28. The maximum Gasteiger partial charge on any atom is 0.335 e. The highest BCUT2D eigenvalue weighted by Crippen LogP contribution is 2.04. The first-order chi connectivity index (χ1) is 9.93. The fourth-order valence-electron chi connectivity index (χ4n) is 1.35. The van der Waals surface area contributed by atoms with Gasteiger partial charge >= 0.3 is 11.9 Å². The lowest BCUT2D eigenvalue weighted by atomic mass is 10.1. The van der Waals surface area contributed by atoms with E-state index in [4.69, 9.17) is 10.2 Å². The molecule has 5 heteroatoms. The first kappa shape index (κ1) is 16.1. The molecule has 2 aromatic rings. The van der Waals surface area contributed by atoms with Gasteiger partial charge in [-0.15, -0.1) is 0 Å². The molecule has 0 atom stereocenters. The lowest BCUT2D eigenvalue weighted by Crippen LogP contribution is -1.94. The van der Waals surface area contributed by atoms with E-state index in [-0.39, 0.29) is 5.56 Å². The number of hydrogen-bond donors (Lipinski definition) is 2. The summed E-state index contributed by atoms with van der Waals surface area (Å²) in [6, 6.07) is 11.2. The molecule has 0 amide bonds. The molecule has 0 bridgehead atoms. The smallest absolute Gasteiger partial charge is 0.335 e. The van der Waals surface area contributed by atoms with Crippen molar-refractivity contribution in [3.05, 3.63) is 77.6 Å². The van der Waals surface area contributed by atoms with Gasteiger partial charge in [0.05, 0.1) is 11.1 Å². The number of halogens is 1. The van der Waals surface area contributed by atoms with Crippen LogP contribution in [0.3, 0.4) is 0 Å². The van der Waals surface area contributed by atoms with E-state index < -0.39 is 17.8 Å². The molecule has 21 heavy (non-hydrogen) atoms. The first-order valence-corrected chi connectivity index (χ1v) is 5.88. The summed E-state index contributed by atoms with van der Waals surface area (Å²) in [5, 5.41) is 16.9. The Morgan fingerprint density at radius 1 is 0.857 bits per heavy atom. The van der Waals surface area contributed by atoms with E-state index in [9.17, 15) is 14.0 Å². The minimum atomic E-state index is -1.04. The van der Waals surface area contributed by atoms with Crippen LogP contribution >= 0.6 is 0 Å². The summed E-state index contributed by atoms with van der Waals surface area (Å²) >= 11 is 0. The maximum atomic E-state index is 12.2. The van der Waals surface area contributed by atoms with Crippen molar-refractivity contribution >= 4 is 18.0 Å². The zero-order chi connectivity index (χ0) is 15.8. The number of carboxylic acids is 2. The Morgan fingerprint density at radius 3 is 1.57 bits per heavy atom. The van der Waals surface area contributed by atoms with Gasteiger partial charge in [0.15, 0.2) is 0 Å². The molecule has 2 aromatic carbocycles. The second kappa shape index (κ2) is 7.59. The van der Waals surface area contributed by atoms with Crippen LogP contribution < -0.4 is 0 Å². The largest absolute Gasteiger partial charge is 0.478 e. The molecule has 0 heterocycles. The topological polar surface area (TPSA) is 74.6 Å². The molecule has 0 fully saturated rings. The quantitative estimate of drug-likeness (QED) is 0.905. The van der Waals surface area contributed by atoms with E-state index in [0.29, 0.717) is 5.56 Å². The predicted octanol–water partition coefficient (Wildman–Crippen LogP) is 3.55. The zero-order valence-electron chi connectivity index (χ0n) is 11.0. The SMILES string of the molecule is C=Cc1ccc(C(=O)O)cc1.O=C(O)c1ccc(F)cc1. The van der Waals surface area contributed by atoms with Gasteiger partial charge in [-0.2, -0.15) is 0 Å². The number of carbonyl (C=O) groups is 2. The van der Waals surface area contributed by atoms with Gasteiger partial charge in [0.2, 0.25) is 0 Å². The molecule has 4 nitrogen and oxygen atoms in total. The van der Waals surface area contributed by atoms with Crippen LogP contribution in [0.5, 0.6) is 0 Å². The molecule has 2 N–H and O–H groups in total. The molecule has 0 spiro atoms. The average Bonchev–Trinajstić information content (AvgIpc) is 2.48. The molecule has 0 saturated heterocycles. The number of hydrogen-bond acceptors (Lipinski definition) is 2. The summed E-state index contributed by atoms with van der Waals surface area (Å²) in [5.41, 5.74) is 1.33. The first-order valence-electron chi connectivity index (χ1n) is 5.88. The van der Waals surface area contributed by atoms with Gasteiger partial charge in [0.1, 0.15) is 5.82 Å². The molecular formula is C16H13FO4. The Balaban J connectivity index is 0.000000211. The Morgan fingerprint density at radius 2 is 1.24 bits per heavy atom. The minimum absolute atomic E-state index is 0.0985. The second-order valence-corrected chi connectivity index (χ2v) is 3.94. The fraction of sp³-hybridized carbons (Fsp3) is 0. The number of rotatable bonds is 3. The summed E-state index contributed by atoms with van der Waals surface area (Å²) in [7, 11) is 0. The van der Waals surface area contributed by atoms with Crippen molar-refractivity contribution in [1.82, 2.24) is 0 Å². The lowest BCUT2D eigenvalue weighted by Gasteiger charge is -1.93. The van der Waals surface area contributed by atoms with Crippen LogP contribution in [0.4, 0.5) is 4.39 Å². The van der Waals surface area contributed by atoms with Crippen molar-refractivity contribution in [2.45, 2.75) is 0 Å². The number of aromatic carboxylic acids is 2. The highest BCUT2D eigenvalue weighted by Gasteiger charge is 2.00. The van der Waals surface area contributed by atoms with E-state index in [0.717, 1.165) is 17.7 Å². The molecule has 108 valence electrons. The fourth-order valence-corrected chi connectivity index (χ4v) is 1.35. The summed E-state index contributed by atoms with van der Waals surface area (Å²) in [6.45, 7) is 3.56. The zero-order valence-corrected chi connectivity index (χ0v) is 11.0. The van der Waals surface area contributed by atoms with Crippen LogP contribution in [-0.2, 0) is 0 Å². The van der Waals surface area contributed by atoms with Crippen molar-refractivity contribution in [3.63, 3.8) is 0 Å². The summed E-state index contributed by atoms with van der Waals surface area (Å²) < 4.78 is 12.2. The predicted molar refractivity (Wildman–Crippen MR) is 76.9 cm³/mol. The van der Waals surface area contributed by atoms with Crippen LogP contribution in [0, 0.1) is 5.82 Å². The standard InChI is InChI=1S/C9H8O2.C7H5FO2/c1-2-7-3-5-8(6-4-7)9(10)11;8-6-3-1-5(2-4-6)7(9)10/h2-6H,1H2,(H,10,11);1-4H,(H,9,10). The third-order valence-electron chi connectivity index (χ3n) is 2.48. The minimum Gasteiger partial charge on any atom is -0.478 e. The van der Waals surface area contributed by atoms with E-state index in [1.165, 1.54) is 12.1 Å². The molecule has 0 unspecified atom stereocenters. The summed E-state index contributed by atoms with van der Waals surface area (Å²) in [6.07, 6.45) is 1.67. The van der Waals surface area contributed by atoms with E-state index in [1.807, 2.05) is 0 Å². The van der Waals surface area contributed by atoms with Crippen LogP contribution in [0.15, 0.2) is 55.1 Å². The summed E-state index contributed by atoms with van der Waals surface area (Å²) in [4.78, 5) is 20.6. The van der Waals surface area contributed by atoms with Crippen molar-refractivity contribution in [2.75, 3.05) is 0 Å². The molecule has 0 radical (unpaired) electrons. The average molecular weight is 288 g/mol. The number of benzene rings is 2. The van der Waals surface area contributed by atoms with Crippen molar-refractivity contribution < 1.29 is 24.2 Å². The van der Waals surface area contributed by atoms with Crippen LogP contribution in [0.1, 0.15) is 26.3 Å². The Bertz CT molecular complexity index is 630.